The van der Waals surface area contributed by atoms with Crippen molar-refractivity contribution in [3.63, 3.8) is 0 Å². The number of hydrogen-bond donors (Lipinski definition) is 1. The molecule has 0 bridgehead atoms. The number of aliphatic hydroxyl groups excluding tert-OH is 1. The van der Waals surface area contributed by atoms with Crippen LogP contribution in [0, 0.1) is 0 Å². The maximum absolute atomic E-state index is 10.5. The molecule has 0 saturated heterocycles. The second kappa shape index (κ2) is 3.93. The minimum Gasteiger partial charge on any atom is -0.386 e. The summed E-state index contributed by atoms with van der Waals surface area (Å²) in [5.74, 6) is 0. The van der Waals surface area contributed by atoms with Crippen LogP contribution in [0.1, 0.15) is 30.2 Å². The van der Waals surface area contributed by atoms with Gasteiger partial charge in [0.1, 0.15) is 6.10 Å². The van der Waals surface area contributed by atoms with Crippen molar-refractivity contribution in [3.8, 4) is 0 Å². The number of rotatable bonds is 3. The number of nitrogens with zero attached hydrogens (tertiary/aromatic N) is 2. The first kappa shape index (κ1) is 10.4. The molecule has 3 heteroatoms. The van der Waals surface area contributed by atoms with Gasteiger partial charge in [0, 0.05) is 17.8 Å². The van der Waals surface area contributed by atoms with Gasteiger partial charge in [-0.1, -0.05) is 30.3 Å². The van der Waals surface area contributed by atoms with E-state index in [0.29, 0.717) is 5.69 Å². The third-order valence-electron chi connectivity index (χ3n) is 3.52. The number of aliphatic hydroxyl groups is 1. The van der Waals surface area contributed by atoms with Crippen molar-refractivity contribution >= 4 is 0 Å². The second-order valence-electron chi connectivity index (χ2n) is 4.55. The average Bonchev–Trinajstić information content (AvgIpc) is 3.21. The smallest absolute Gasteiger partial charge is 0.107 e. The molecular weight excluding hydrogens is 212 g/mol. The van der Waals surface area contributed by atoms with Crippen LogP contribution in [0.2, 0.25) is 0 Å². The van der Waals surface area contributed by atoms with E-state index in [0.717, 1.165) is 12.8 Å². The highest BCUT2D eigenvalue weighted by molar-refractivity contribution is 5.35. The Kier molecular flexibility index (Phi) is 2.41. The first-order valence-electron chi connectivity index (χ1n) is 5.82. The van der Waals surface area contributed by atoms with Crippen molar-refractivity contribution in [2.75, 3.05) is 0 Å². The highest BCUT2D eigenvalue weighted by Gasteiger charge is 2.51. The molecule has 17 heavy (non-hydrogen) atoms. The lowest BCUT2D eigenvalue weighted by Crippen LogP contribution is -2.19. The zero-order valence-corrected chi connectivity index (χ0v) is 9.45. The molecule has 0 spiro atoms. The van der Waals surface area contributed by atoms with Gasteiger partial charge in [-0.3, -0.25) is 9.97 Å². The summed E-state index contributed by atoms with van der Waals surface area (Å²) in [6, 6.07) is 10.2. The first-order valence-corrected chi connectivity index (χ1v) is 5.82. The third kappa shape index (κ3) is 1.72. The quantitative estimate of drug-likeness (QED) is 0.873. The van der Waals surface area contributed by atoms with Crippen LogP contribution < -0.4 is 0 Å². The Morgan fingerprint density at radius 1 is 1.12 bits per heavy atom. The highest BCUT2D eigenvalue weighted by Crippen LogP contribution is 2.55. The van der Waals surface area contributed by atoms with Crippen LogP contribution >= 0.6 is 0 Å². The molecule has 2 aromatic rings. The van der Waals surface area contributed by atoms with Crippen molar-refractivity contribution in [2.45, 2.75) is 24.4 Å². The minimum absolute atomic E-state index is 0.142. The molecule has 1 aromatic carbocycles. The van der Waals surface area contributed by atoms with E-state index in [1.54, 1.807) is 18.6 Å². The first-order chi connectivity index (χ1) is 8.33. The molecule has 0 aliphatic heterocycles. The van der Waals surface area contributed by atoms with Crippen LogP contribution in [0.25, 0.3) is 0 Å². The van der Waals surface area contributed by atoms with Crippen molar-refractivity contribution in [1.82, 2.24) is 9.97 Å². The molecule has 1 aromatic heterocycles. The Morgan fingerprint density at radius 2 is 1.88 bits per heavy atom. The van der Waals surface area contributed by atoms with E-state index < -0.39 is 6.10 Å². The summed E-state index contributed by atoms with van der Waals surface area (Å²) < 4.78 is 0. The molecule has 1 aliphatic carbocycles. The maximum Gasteiger partial charge on any atom is 0.107 e. The van der Waals surface area contributed by atoms with E-state index in [9.17, 15) is 5.11 Å². The Balaban J connectivity index is 1.95. The average molecular weight is 226 g/mol. The van der Waals surface area contributed by atoms with Crippen LogP contribution in [0.4, 0.5) is 0 Å². The normalized spacial score (nSPS) is 18.6. The van der Waals surface area contributed by atoms with Crippen LogP contribution in [0.3, 0.4) is 0 Å². The lowest BCUT2D eigenvalue weighted by atomic mass is 9.88. The summed E-state index contributed by atoms with van der Waals surface area (Å²) >= 11 is 0. The van der Waals surface area contributed by atoms with Crippen molar-refractivity contribution in [1.29, 1.82) is 0 Å². The molecule has 0 amide bonds. The predicted octanol–water partition coefficient (Wildman–Crippen LogP) is 2.24. The van der Waals surface area contributed by atoms with E-state index in [1.807, 2.05) is 18.2 Å². The van der Waals surface area contributed by atoms with Crippen molar-refractivity contribution in [2.24, 2.45) is 0 Å². The topological polar surface area (TPSA) is 46.0 Å². The van der Waals surface area contributed by atoms with E-state index in [1.165, 1.54) is 5.56 Å². The minimum atomic E-state index is -0.557. The van der Waals surface area contributed by atoms with Gasteiger partial charge >= 0.3 is 0 Å². The van der Waals surface area contributed by atoms with Gasteiger partial charge in [0.25, 0.3) is 0 Å². The van der Waals surface area contributed by atoms with E-state index in [2.05, 4.69) is 22.1 Å². The largest absolute Gasteiger partial charge is 0.386 e. The van der Waals surface area contributed by atoms with Crippen LogP contribution in [-0.2, 0) is 5.41 Å². The van der Waals surface area contributed by atoms with Gasteiger partial charge in [-0.2, -0.15) is 0 Å². The SMILES string of the molecule is OC(c1cnccn1)C1(c2ccccc2)CC1. The van der Waals surface area contributed by atoms with Crippen LogP contribution in [-0.4, -0.2) is 15.1 Å². The second-order valence-corrected chi connectivity index (χ2v) is 4.55. The number of hydrogen-bond acceptors (Lipinski definition) is 3. The zero-order chi connectivity index (χ0) is 11.7. The highest BCUT2D eigenvalue weighted by atomic mass is 16.3. The third-order valence-corrected chi connectivity index (χ3v) is 3.52. The number of benzene rings is 1. The molecule has 1 N–H and O–H groups in total. The van der Waals surface area contributed by atoms with Gasteiger partial charge in [0.2, 0.25) is 0 Å². The van der Waals surface area contributed by atoms with Crippen LogP contribution in [0.5, 0.6) is 0 Å². The number of aromatic nitrogens is 2. The van der Waals surface area contributed by atoms with E-state index in [4.69, 9.17) is 0 Å². The molecule has 1 fully saturated rings. The van der Waals surface area contributed by atoms with E-state index >= 15 is 0 Å². The predicted molar refractivity (Wildman–Crippen MR) is 64.3 cm³/mol. The Hall–Kier alpha value is -1.74. The van der Waals surface area contributed by atoms with Gasteiger partial charge in [-0.05, 0) is 18.4 Å². The van der Waals surface area contributed by atoms with Gasteiger partial charge in [-0.25, -0.2) is 0 Å². The van der Waals surface area contributed by atoms with Crippen molar-refractivity contribution in [3.05, 3.63) is 60.2 Å². The Bertz CT molecular complexity index is 494. The zero-order valence-electron chi connectivity index (χ0n) is 9.45. The van der Waals surface area contributed by atoms with Gasteiger partial charge in [0.05, 0.1) is 11.9 Å². The lowest BCUT2D eigenvalue weighted by molar-refractivity contribution is 0.128. The molecule has 1 atom stereocenters. The molecule has 1 unspecified atom stereocenters. The molecule has 1 saturated carbocycles. The summed E-state index contributed by atoms with van der Waals surface area (Å²) in [5, 5.41) is 10.5. The summed E-state index contributed by atoms with van der Waals surface area (Å²) in [4.78, 5) is 8.22. The van der Waals surface area contributed by atoms with Gasteiger partial charge < -0.3 is 5.11 Å². The summed E-state index contributed by atoms with van der Waals surface area (Å²) in [7, 11) is 0. The molecule has 1 aliphatic rings. The Labute approximate surface area is 100 Å². The van der Waals surface area contributed by atoms with Gasteiger partial charge in [-0.15, -0.1) is 0 Å². The molecule has 0 radical (unpaired) electrons. The fourth-order valence-corrected chi connectivity index (χ4v) is 2.36. The van der Waals surface area contributed by atoms with E-state index in [-0.39, 0.29) is 5.41 Å². The summed E-state index contributed by atoms with van der Waals surface area (Å²) in [5.41, 5.74) is 1.71. The summed E-state index contributed by atoms with van der Waals surface area (Å²) in [6.07, 6.45) is 6.35. The fourth-order valence-electron chi connectivity index (χ4n) is 2.36. The molecule has 86 valence electrons. The van der Waals surface area contributed by atoms with Gasteiger partial charge in [0.15, 0.2) is 0 Å². The Morgan fingerprint density at radius 3 is 2.47 bits per heavy atom. The lowest BCUT2D eigenvalue weighted by Gasteiger charge is -2.21. The molecule has 1 heterocycles. The fraction of sp³-hybridized carbons (Fsp3) is 0.286. The van der Waals surface area contributed by atoms with Crippen molar-refractivity contribution < 1.29 is 5.11 Å². The van der Waals surface area contributed by atoms with Crippen LogP contribution in [0.15, 0.2) is 48.9 Å². The summed E-state index contributed by atoms with van der Waals surface area (Å²) in [6.45, 7) is 0. The maximum atomic E-state index is 10.5. The molecular formula is C14H14N2O. The standard InChI is InChI=1S/C14H14N2O/c17-13(12-10-15-8-9-16-12)14(6-7-14)11-4-2-1-3-5-11/h1-5,8-10,13,17H,6-7H2. The molecule has 3 nitrogen and oxygen atoms in total. The molecule has 3 rings (SSSR count). The monoisotopic (exact) mass is 226 g/mol.